The molecule has 50 heavy (non-hydrogen) atoms. The van der Waals surface area contributed by atoms with Gasteiger partial charge < -0.3 is 20.3 Å². The minimum atomic E-state index is -3.93. The van der Waals surface area contributed by atoms with Crippen molar-refractivity contribution in [3.8, 4) is 6.01 Å². The first kappa shape index (κ1) is 34.1. The van der Waals surface area contributed by atoms with Crippen LogP contribution < -0.4 is 20.1 Å². The molecule has 4 aliphatic rings. The molecule has 1 saturated heterocycles. The molecule has 1 aromatic heterocycles. The maximum Gasteiger partial charge on any atom is 0.297 e. The highest BCUT2D eigenvalue weighted by Gasteiger charge is 2.63. The highest BCUT2D eigenvalue weighted by molar-refractivity contribution is 7.91. The number of sulfonamides is 1. The maximum atomic E-state index is 14.5. The number of imidazole rings is 1. The van der Waals surface area contributed by atoms with Gasteiger partial charge in [0.25, 0.3) is 11.9 Å². The van der Waals surface area contributed by atoms with Crippen LogP contribution in [0.3, 0.4) is 0 Å². The Morgan fingerprint density at radius 2 is 1.82 bits per heavy atom. The molecule has 0 bridgehead atoms. The molecule has 0 radical (unpaired) electrons. The summed E-state index contributed by atoms with van der Waals surface area (Å²) in [4.78, 5) is 49.0. The van der Waals surface area contributed by atoms with Crippen LogP contribution in [0.15, 0.2) is 66.7 Å². The lowest BCUT2D eigenvalue weighted by atomic mass is 10.0. The summed E-state index contributed by atoms with van der Waals surface area (Å²) in [7, 11) is -3.93. The number of anilines is 1. The van der Waals surface area contributed by atoms with E-state index in [2.05, 4.69) is 15.4 Å². The van der Waals surface area contributed by atoms with Gasteiger partial charge in [-0.25, -0.2) is 8.42 Å². The van der Waals surface area contributed by atoms with Crippen LogP contribution in [-0.2, 0) is 31.0 Å². The van der Waals surface area contributed by atoms with Gasteiger partial charge in [-0.2, -0.15) is 4.98 Å². The largest absolute Gasteiger partial charge is 0.459 e. The van der Waals surface area contributed by atoms with E-state index in [1.807, 2.05) is 78.2 Å². The third kappa shape index (κ3) is 6.59. The number of nitrogens with one attached hydrogen (secondary N) is 3. The molecule has 12 nitrogen and oxygen atoms in total. The molecular formula is C37H46N6O6S. The van der Waals surface area contributed by atoms with Crippen molar-refractivity contribution in [1.29, 1.82) is 0 Å². The molecular weight excluding hydrogens is 657 g/mol. The van der Waals surface area contributed by atoms with Crippen LogP contribution in [0.25, 0.3) is 11.0 Å². The van der Waals surface area contributed by atoms with E-state index in [9.17, 15) is 22.8 Å². The predicted octanol–water partition coefficient (Wildman–Crippen LogP) is 4.28. The minimum absolute atomic E-state index is 0.145. The fourth-order valence-electron chi connectivity index (χ4n) is 7.28. The monoisotopic (exact) mass is 702 g/mol. The Bertz CT molecular complexity index is 1910. The van der Waals surface area contributed by atoms with E-state index in [1.54, 1.807) is 11.8 Å². The molecule has 3 N–H and O–H groups in total. The number of hydrogen-bond donors (Lipinski definition) is 3. The number of para-hydroxylation sites is 3. The van der Waals surface area contributed by atoms with Crippen LogP contribution in [0, 0.1) is 5.92 Å². The summed E-state index contributed by atoms with van der Waals surface area (Å²) in [5.74, 6) is -1.84. The van der Waals surface area contributed by atoms with Gasteiger partial charge in [-0.15, -0.1) is 0 Å². The van der Waals surface area contributed by atoms with E-state index in [0.29, 0.717) is 31.8 Å². The van der Waals surface area contributed by atoms with Crippen LogP contribution in [-0.4, -0.2) is 75.6 Å². The molecule has 3 amide bonds. The molecule has 3 heterocycles. The van der Waals surface area contributed by atoms with E-state index >= 15 is 0 Å². The van der Waals surface area contributed by atoms with E-state index in [0.717, 1.165) is 42.4 Å². The third-order valence-corrected chi connectivity index (χ3v) is 13.0. The fourth-order valence-corrected chi connectivity index (χ4v) is 8.59. The topological polar surface area (TPSA) is 152 Å². The van der Waals surface area contributed by atoms with Crippen LogP contribution in [0.1, 0.15) is 71.6 Å². The smallest absolute Gasteiger partial charge is 0.297 e. The normalized spacial score (nSPS) is 28.1. The van der Waals surface area contributed by atoms with Gasteiger partial charge in [0, 0.05) is 24.6 Å². The second-order valence-electron chi connectivity index (χ2n) is 14.4. The molecule has 0 unspecified atom stereocenters. The molecule has 3 aromatic rings. The SMILES string of the molecule is CCn1c(O[C@@H]2C[C@H]3C(=O)N[C@]4(C(=O)NS(=O)(=O)C5(C)CC5)C[C@H]4C=CCCCCC[C@H](Nc4ccccc4)C(=O)N3C2)nc2ccccc21. The van der Waals surface area contributed by atoms with Gasteiger partial charge >= 0.3 is 0 Å². The number of ether oxygens (including phenoxy) is 1. The Balaban J connectivity index is 1.20. The summed E-state index contributed by atoms with van der Waals surface area (Å²) in [6, 6.07) is 16.2. The fraction of sp³-hybridized carbons (Fsp3) is 0.514. The summed E-state index contributed by atoms with van der Waals surface area (Å²) in [6.45, 7) is 4.39. The summed E-state index contributed by atoms with van der Waals surface area (Å²) in [6.07, 6.45) is 8.73. The maximum absolute atomic E-state index is 14.5. The van der Waals surface area contributed by atoms with Crippen LogP contribution in [0.5, 0.6) is 6.01 Å². The number of hydrogen-bond acceptors (Lipinski definition) is 8. The number of allylic oxidation sites excluding steroid dienone is 1. The van der Waals surface area contributed by atoms with Gasteiger partial charge in [0.2, 0.25) is 21.8 Å². The zero-order chi connectivity index (χ0) is 35.1. The van der Waals surface area contributed by atoms with Gasteiger partial charge in [0.15, 0.2) is 0 Å². The van der Waals surface area contributed by atoms with Crippen molar-refractivity contribution in [2.24, 2.45) is 5.92 Å². The average Bonchev–Trinajstić information content (AvgIpc) is 3.93. The first-order valence-corrected chi connectivity index (χ1v) is 19.3. The molecule has 5 atom stereocenters. The van der Waals surface area contributed by atoms with Crippen molar-refractivity contribution in [3.63, 3.8) is 0 Å². The predicted molar refractivity (Wildman–Crippen MR) is 190 cm³/mol. The van der Waals surface area contributed by atoms with Crippen molar-refractivity contribution >= 4 is 44.5 Å². The van der Waals surface area contributed by atoms with Crippen LogP contribution >= 0.6 is 0 Å². The Morgan fingerprint density at radius 3 is 2.58 bits per heavy atom. The van der Waals surface area contributed by atoms with Gasteiger partial charge in [-0.1, -0.05) is 55.3 Å². The van der Waals surface area contributed by atoms with Gasteiger partial charge in [-0.05, 0) is 76.6 Å². The number of carbonyl (C=O) groups excluding carboxylic acids is 3. The number of amides is 3. The standard InChI is InChI=1S/C37H46N6O6S/c1-3-42-30-19-13-12-17-28(30)39-35(42)49-27-22-31-32(44)40-37(34(46)41-50(47,48)36(2)20-21-36)23-25(37)14-8-5-4-6-11-18-29(33(45)43(31)24-27)38-26-15-9-7-10-16-26/h7-10,12-17,19,25,27,29,31,38H,3-6,11,18,20-24H2,1-2H3,(H,40,44)(H,41,46)/t25-,27-,29+,31+,37-/m1/s1. The molecule has 13 heteroatoms. The molecule has 2 aliphatic heterocycles. The first-order valence-electron chi connectivity index (χ1n) is 17.8. The lowest BCUT2D eigenvalue weighted by molar-refractivity contribution is -0.140. The molecule has 266 valence electrons. The Kier molecular flexibility index (Phi) is 9.12. The Hall–Kier alpha value is -4.39. The summed E-state index contributed by atoms with van der Waals surface area (Å²) in [5, 5.41) is 6.37. The Morgan fingerprint density at radius 1 is 1.06 bits per heavy atom. The zero-order valence-corrected chi connectivity index (χ0v) is 29.5. The van der Waals surface area contributed by atoms with Crippen molar-refractivity contribution in [2.45, 2.75) is 107 Å². The van der Waals surface area contributed by atoms with E-state index < -0.39 is 50.3 Å². The van der Waals surface area contributed by atoms with Crippen molar-refractivity contribution in [3.05, 3.63) is 66.7 Å². The molecule has 2 aromatic carbocycles. The quantitative estimate of drug-likeness (QED) is 0.295. The average molecular weight is 703 g/mol. The van der Waals surface area contributed by atoms with Gasteiger partial charge in [-0.3, -0.25) is 23.7 Å². The third-order valence-electron chi connectivity index (χ3n) is 10.8. The number of aromatic nitrogens is 2. The van der Waals surface area contributed by atoms with Gasteiger partial charge in [0.05, 0.1) is 22.3 Å². The molecule has 3 fully saturated rings. The van der Waals surface area contributed by atoms with Crippen molar-refractivity contribution < 1.29 is 27.5 Å². The molecule has 2 aliphatic carbocycles. The van der Waals surface area contributed by atoms with Crippen molar-refractivity contribution in [2.75, 3.05) is 11.9 Å². The summed E-state index contributed by atoms with van der Waals surface area (Å²) < 4.78 is 36.0. The van der Waals surface area contributed by atoms with Crippen LogP contribution in [0.2, 0.25) is 0 Å². The first-order chi connectivity index (χ1) is 24.0. The van der Waals surface area contributed by atoms with Crippen LogP contribution in [0.4, 0.5) is 5.69 Å². The number of nitrogens with zero attached hydrogens (tertiary/aromatic N) is 3. The highest BCUT2D eigenvalue weighted by Crippen LogP contribution is 2.47. The van der Waals surface area contributed by atoms with E-state index in [1.165, 1.54) is 0 Å². The zero-order valence-electron chi connectivity index (χ0n) is 28.6. The lowest BCUT2D eigenvalue weighted by Crippen LogP contribution is -2.58. The second kappa shape index (κ2) is 13.4. The Labute approximate surface area is 293 Å². The summed E-state index contributed by atoms with van der Waals surface area (Å²) in [5.41, 5.74) is 1.08. The lowest BCUT2D eigenvalue weighted by Gasteiger charge is -2.30. The number of aryl methyl sites for hydroxylation is 1. The number of rotatable bonds is 8. The van der Waals surface area contributed by atoms with E-state index in [-0.39, 0.29) is 31.2 Å². The highest BCUT2D eigenvalue weighted by atomic mass is 32.2. The number of benzene rings is 2. The molecule has 0 spiro atoms. The number of fused-ring (bicyclic) bond motifs is 3. The number of carbonyl (C=O) groups is 3. The second-order valence-corrected chi connectivity index (χ2v) is 16.6. The summed E-state index contributed by atoms with van der Waals surface area (Å²) >= 11 is 0. The molecule has 2 saturated carbocycles. The van der Waals surface area contributed by atoms with E-state index in [4.69, 9.17) is 9.72 Å². The molecule has 7 rings (SSSR count). The van der Waals surface area contributed by atoms with Gasteiger partial charge in [0.1, 0.15) is 23.7 Å². The minimum Gasteiger partial charge on any atom is -0.459 e. The van der Waals surface area contributed by atoms with Crippen molar-refractivity contribution in [1.82, 2.24) is 24.5 Å².